The maximum atomic E-state index is 10.2. The summed E-state index contributed by atoms with van der Waals surface area (Å²) in [5, 5.41) is 13.5. The Labute approximate surface area is 104 Å². The second kappa shape index (κ2) is 6.72. The van der Waals surface area contributed by atoms with Crippen molar-refractivity contribution in [2.45, 2.75) is 45.6 Å². The summed E-state index contributed by atoms with van der Waals surface area (Å²) < 4.78 is 0. The van der Waals surface area contributed by atoms with E-state index in [1.165, 1.54) is 5.56 Å². The second-order valence-electron chi connectivity index (χ2n) is 4.86. The van der Waals surface area contributed by atoms with Crippen molar-refractivity contribution in [2.24, 2.45) is 0 Å². The molecule has 1 rings (SSSR count). The molecular formula is C14H24N2O. The quantitative estimate of drug-likeness (QED) is 0.711. The molecule has 3 heteroatoms. The molecule has 1 aromatic heterocycles. The van der Waals surface area contributed by atoms with Gasteiger partial charge in [0.2, 0.25) is 0 Å². The molecular weight excluding hydrogens is 212 g/mol. The Morgan fingerprint density at radius 2 is 2.12 bits per heavy atom. The molecule has 0 amide bonds. The first-order valence-electron chi connectivity index (χ1n) is 6.44. The first-order chi connectivity index (χ1) is 8.07. The van der Waals surface area contributed by atoms with Crippen molar-refractivity contribution in [3.8, 4) is 0 Å². The Kier molecular flexibility index (Phi) is 5.59. The maximum absolute atomic E-state index is 10.2. The van der Waals surface area contributed by atoms with Gasteiger partial charge in [0, 0.05) is 24.9 Å². The van der Waals surface area contributed by atoms with E-state index in [2.05, 4.69) is 30.2 Å². The van der Waals surface area contributed by atoms with Crippen molar-refractivity contribution >= 4 is 0 Å². The summed E-state index contributed by atoms with van der Waals surface area (Å²) in [6, 6.07) is 4.09. The number of rotatable bonds is 7. The van der Waals surface area contributed by atoms with Crippen LogP contribution in [0.4, 0.5) is 0 Å². The fourth-order valence-corrected chi connectivity index (χ4v) is 1.76. The number of pyridine rings is 1. The van der Waals surface area contributed by atoms with Crippen LogP contribution in [0.3, 0.4) is 0 Å². The van der Waals surface area contributed by atoms with Crippen molar-refractivity contribution in [2.75, 3.05) is 13.1 Å². The van der Waals surface area contributed by atoms with Crippen LogP contribution in [-0.4, -0.2) is 28.8 Å². The van der Waals surface area contributed by atoms with Gasteiger partial charge in [0.1, 0.15) is 0 Å². The fourth-order valence-electron chi connectivity index (χ4n) is 1.76. The highest BCUT2D eigenvalue weighted by atomic mass is 16.3. The zero-order valence-corrected chi connectivity index (χ0v) is 11.2. The monoisotopic (exact) mass is 236 g/mol. The Morgan fingerprint density at radius 1 is 1.35 bits per heavy atom. The van der Waals surface area contributed by atoms with Gasteiger partial charge in [0.15, 0.2) is 0 Å². The number of nitrogens with one attached hydrogen (secondary N) is 1. The van der Waals surface area contributed by atoms with Crippen LogP contribution in [0, 0.1) is 0 Å². The molecule has 1 unspecified atom stereocenters. The van der Waals surface area contributed by atoms with Crippen LogP contribution >= 0.6 is 0 Å². The molecule has 2 N–H and O–H groups in total. The third-order valence-electron chi connectivity index (χ3n) is 2.79. The summed E-state index contributed by atoms with van der Waals surface area (Å²) >= 11 is 0. The molecule has 0 aromatic carbocycles. The molecule has 0 aliphatic heterocycles. The van der Waals surface area contributed by atoms with E-state index in [4.69, 9.17) is 0 Å². The number of aryl methyl sites for hydroxylation is 1. The number of hydrogen-bond acceptors (Lipinski definition) is 3. The van der Waals surface area contributed by atoms with E-state index in [9.17, 15) is 5.11 Å². The molecule has 0 aliphatic rings. The van der Waals surface area contributed by atoms with Gasteiger partial charge in [-0.25, -0.2) is 0 Å². The summed E-state index contributed by atoms with van der Waals surface area (Å²) in [5.74, 6) is 0. The lowest BCUT2D eigenvalue weighted by Crippen LogP contribution is -2.40. The van der Waals surface area contributed by atoms with Crippen LogP contribution in [0.1, 0.15) is 38.4 Å². The standard InChI is InChI=1S/C14H24N2O/c1-4-8-15-11-14(3,17)9-13-7-6-12(5-2)10-16-13/h6-7,10,15,17H,4-5,8-9,11H2,1-3H3. The van der Waals surface area contributed by atoms with Crippen molar-refractivity contribution in [3.63, 3.8) is 0 Å². The van der Waals surface area contributed by atoms with Crippen molar-refractivity contribution in [1.29, 1.82) is 0 Å². The Morgan fingerprint density at radius 3 is 2.65 bits per heavy atom. The van der Waals surface area contributed by atoms with E-state index in [1.807, 2.05) is 19.2 Å². The molecule has 0 fully saturated rings. The van der Waals surface area contributed by atoms with E-state index in [0.29, 0.717) is 13.0 Å². The number of aliphatic hydroxyl groups is 1. The van der Waals surface area contributed by atoms with Gasteiger partial charge in [-0.3, -0.25) is 4.98 Å². The van der Waals surface area contributed by atoms with Gasteiger partial charge < -0.3 is 10.4 Å². The van der Waals surface area contributed by atoms with Gasteiger partial charge in [0.25, 0.3) is 0 Å². The maximum Gasteiger partial charge on any atom is 0.0798 e. The second-order valence-corrected chi connectivity index (χ2v) is 4.86. The lowest BCUT2D eigenvalue weighted by atomic mass is 9.99. The zero-order valence-electron chi connectivity index (χ0n) is 11.2. The summed E-state index contributed by atoms with van der Waals surface area (Å²) in [6.45, 7) is 7.63. The van der Waals surface area contributed by atoms with Crippen LogP contribution in [-0.2, 0) is 12.8 Å². The number of aromatic nitrogens is 1. The lowest BCUT2D eigenvalue weighted by Gasteiger charge is -2.23. The molecule has 96 valence electrons. The van der Waals surface area contributed by atoms with Crippen molar-refractivity contribution in [3.05, 3.63) is 29.6 Å². The summed E-state index contributed by atoms with van der Waals surface area (Å²) in [4.78, 5) is 4.38. The van der Waals surface area contributed by atoms with Crippen molar-refractivity contribution < 1.29 is 5.11 Å². The molecule has 3 nitrogen and oxygen atoms in total. The largest absolute Gasteiger partial charge is 0.388 e. The van der Waals surface area contributed by atoms with E-state index in [0.717, 1.165) is 25.1 Å². The Balaban J connectivity index is 2.50. The van der Waals surface area contributed by atoms with E-state index in [-0.39, 0.29) is 0 Å². The smallest absolute Gasteiger partial charge is 0.0798 e. The molecule has 0 saturated heterocycles. The molecule has 0 bridgehead atoms. The molecule has 1 heterocycles. The summed E-state index contributed by atoms with van der Waals surface area (Å²) in [6.07, 6.45) is 4.57. The van der Waals surface area contributed by atoms with Crippen LogP contribution < -0.4 is 5.32 Å². The van der Waals surface area contributed by atoms with E-state index >= 15 is 0 Å². The van der Waals surface area contributed by atoms with Crippen LogP contribution in [0.2, 0.25) is 0 Å². The first-order valence-corrected chi connectivity index (χ1v) is 6.44. The van der Waals surface area contributed by atoms with Gasteiger partial charge in [0.05, 0.1) is 5.60 Å². The average molecular weight is 236 g/mol. The van der Waals surface area contributed by atoms with Crippen LogP contribution in [0.25, 0.3) is 0 Å². The number of hydrogen-bond donors (Lipinski definition) is 2. The van der Waals surface area contributed by atoms with Crippen molar-refractivity contribution in [1.82, 2.24) is 10.3 Å². The third kappa shape index (κ3) is 5.29. The highest BCUT2D eigenvalue weighted by molar-refractivity contribution is 5.15. The van der Waals surface area contributed by atoms with E-state index < -0.39 is 5.60 Å². The molecule has 1 aromatic rings. The molecule has 0 aliphatic carbocycles. The minimum absolute atomic E-state index is 0.591. The lowest BCUT2D eigenvalue weighted by molar-refractivity contribution is 0.0594. The third-order valence-corrected chi connectivity index (χ3v) is 2.79. The molecule has 0 saturated carbocycles. The highest BCUT2D eigenvalue weighted by Gasteiger charge is 2.20. The SMILES string of the molecule is CCCNCC(C)(O)Cc1ccc(CC)cn1. The fraction of sp³-hybridized carbons (Fsp3) is 0.643. The average Bonchev–Trinajstić information content (AvgIpc) is 2.30. The predicted molar refractivity (Wildman–Crippen MR) is 71.1 cm³/mol. The number of nitrogens with zero attached hydrogens (tertiary/aromatic N) is 1. The van der Waals surface area contributed by atoms with Crippen LogP contribution in [0.15, 0.2) is 18.3 Å². The normalized spacial score (nSPS) is 14.6. The predicted octanol–water partition coefficient (Wildman–Crippen LogP) is 1.94. The molecule has 17 heavy (non-hydrogen) atoms. The summed E-state index contributed by atoms with van der Waals surface area (Å²) in [7, 11) is 0. The molecule has 0 spiro atoms. The Hall–Kier alpha value is -0.930. The first kappa shape index (κ1) is 14.1. The van der Waals surface area contributed by atoms with Gasteiger partial charge in [-0.05, 0) is 37.9 Å². The van der Waals surface area contributed by atoms with E-state index in [1.54, 1.807) is 0 Å². The topological polar surface area (TPSA) is 45.1 Å². The van der Waals surface area contributed by atoms with Gasteiger partial charge in [-0.1, -0.05) is 19.9 Å². The Bertz CT molecular complexity index is 319. The minimum Gasteiger partial charge on any atom is -0.388 e. The summed E-state index contributed by atoms with van der Waals surface area (Å²) in [5.41, 5.74) is 1.46. The minimum atomic E-state index is -0.726. The van der Waals surface area contributed by atoms with Gasteiger partial charge in [-0.15, -0.1) is 0 Å². The zero-order chi connectivity index (χ0) is 12.7. The molecule has 1 atom stereocenters. The van der Waals surface area contributed by atoms with Gasteiger partial charge >= 0.3 is 0 Å². The van der Waals surface area contributed by atoms with Crippen LogP contribution in [0.5, 0.6) is 0 Å². The van der Waals surface area contributed by atoms with Gasteiger partial charge in [-0.2, -0.15) is 0 Å². The highest BCUT2D eigenvalue weighted by Crippen LogP contribution is 2.11. The molecule has 0 radical (unpaired) electrons.